The molecule has 0 saturated heterocycles. The quantitative estimate of drug-likeness (QED) is 0.0250. The molecule has 294 valence electrons. The lowest BCUT2D eigenvalue weighted by molar-refractivity contribution is -0.367. The Kier molecular flexibility index (Phi) is 17.3. The molecule has 0 fully saturated rings. The number of benzene rings is 2. The van der Waals surface area contributed by atoms with Crippen LogP contribution in [0.5, 0.6) is 11.5 Å². The molecule has 0 aliphatic carbocycles. The molecule has 0 atom stereocenters. The molecule has 0 aliphatic heterocycles. The summed E-state index contributed by atoms with van der Waals surface area (Å²) in [7, 11) is -2.71. The number of halogens is 8. The van der Waals surface area contributed by atoms with Gasteiger partial charge in [0.15, 0.2) is 6.29 Å². The average molecular weight is 771 g/mol. The minimum Gasteiger partial charge on any atom is -0.496 e. The highest BCUT2D eigenvalue weighted by Gasteiger charge is 2.80. The summed E-state index contributed by atoms with van der Waals surface area (Å²) >= 11 is 0. The lowest BCUT2D eigenvalue weighted by Crippen LogP contribution is -2.62. The molecule has 0 heterocycles. The fourth-order valence-electron chi connectivity index (χ4n) is 5.58. The summed E-state index contributed by atoms with van der Waals surface area (Å²) in [6.45, 7) is 6.92. The van der Waals surface area contributed by atoms with E-state index in [4.69, 9.17) is 22.8 Å². The molecule has 0 aromatic heterocycles. The topological polar surface area (TPSA) is 63.2 Å². The molecule has 0 bridgehead atoms. The van der Waals surface area contributed by atoms with Crippen LogP contribution in [0.2, 0.25) is 6.04 Å². The summed E-state index contributed by atoms with van der Waals surface area (Å²) in [5.41, 5.74) is 3.57. The Morgan fingerprint density at radius 1 is 0.769 bits per heavy atom. The van der Waals surface area contributed by atoms with E-state index in [1.54, 1.807) is 6.08 Å². The summed E-state index contributed by atoms with van der Waals surface area (Å²) < 4.78 is 144. The molecule has 2 rings (SSSR count). The number of rotatable bonds is 25. The summed E-state index contributed by atoms with van der Waals surface area (Å²) in [6, 6.07) is 8.83. The average Bonchev–Trinajstić information content (AvgIpc) is 3.10. The van der Waals surface area contributed by atoms with Crippen LogP contribution in [0.15, 0.2) is 36.4 Å². The Balaban J connectivity index is 2.22. The van der Waals surface area contributed by atoms with Crippen LogP contribution in [0.3, 0.4) is 0 Å². The molecule has 2 aromatic carbocycles. The number of aldehydes is 1. The lowest BCUT2D eigenvalue weighted by Gasteiger charge is -2.38. The number of alkyl halides is 8. The first kappa shape index (κ1) is 45.1. The maximum Gasteiger partial charge on any atom is 0.501 e. The van der Waals surface area contributed by atoms with Crippen molar-refractivity contribution < 1.29 is 62.7 Å². The number of methoxy groups -OCH3 is 1. The van der Waals surface area contributed by atoms with Gasteiger partial charge in [-0.1, -0.05) is 44.9 Å². The first-order valence-electron chi connectivity index (χ1n) is 17.5. The standard InChI is InChI=1S/C37H50F8O6Si/c1-7-12-13-14-27-15-18-32(28(8-2)23-27)30(26-46)24-29-16-17-31(25-33(29)47-6)48-21-19-34(38,39)36(42,43)37(44,45)35(40,41)20-22-52(49-9-3,50-10-4)51-11-5/h15-18,23-26H,7-14,19-22H2,1-6H3/b30-24+. The van der Waals surface area contributed by atoms with Crippen molar-refractivity contribution in [2.45, 2.75) is 109 Å². The third-order valence-electron chi connectivity index (χ3n) is 8.41. The Bertz CT molecular complexity index is 1440. The number of allylic oxidation sites excluding steroid dienone is 1. The van der Waals surface area contributed by atoms with Crippen molar-refractivity contribution in [3.8, 4) is 11.5 Å². The highest BCUT2D eigenvalue weighted by molar-refractivity contribution is 6.60. The first-order valence-corrected chi connectivity index (χ1v) is 19.4. The van der Waals surface area contributed by atoms with Crippen molar-refractivity contribution in [2.75, 3.05) is 33.5 Å². The molecule has 0 spiro atoms. The van der Waals surface area contributed by atoms with Crippen molar-refractivity contribution in [1.29, 1.82) is 0 Å². The van der Waals surface area contributed by atoms with Gasteiger partial charge in [0, 0.05) is 49.5 Å². The van der Waals surface area contributed by atoms with Gasteiger partial charge in [-0.2, -0.15) is 35.1 Å². The van der Waals surface area contributed by atoms with Crippen LogP contribution in [0.25, 0.3) is 11.6 Å². The van der Waals surface area contributed by atoms with Crippen LogP contribution in [0, 0.1) is 0 Å². The Morgan fingerprint density at radius 3 is 1.88 bits per heavy atom. The summed E-state index contributed by atoms with van der Waals surface area (Å²) in [4.78, 5) is 12.2. The third-order valence-corrected chi connectivity index (χ3v) is 11.5. The number of ether oxygens (including phenoxy) is 2. The summed E-state index contributed by atoms with van der Waals surface area (Å²) in [6.07, 6.45) is 3.09. The van der Waals surface area contributed by atoms with Crippen LogP contribution < -0.4 is 9.47 Å². The normalized spacial score (nSPS) is 13.4. The van der Waals surface area contributed by atoms with Gasteiger partial charge in [-0.15, -0.1) is 0 Å². The van der Waals surface area contributed by atoms with Crippen molar-refractivity contribution in [3.05, 3.63) is 58.7 Å². The first-order chi connectivity index (χ1) is 24.4. The maximum atomic E-state index is 14.7. The fourth-order valence-corrected chi connectivity index (χ4v) is 8.20. The van der Waals surface area contributed by atoms with Gasteiger partial charge in [0.05, 0.1) is 20.1 Å². The van der Waals surface area contributed by atoms with E-state index in [2.05, 4.69) is 13.0 Å². The van der Waals surface area contributed by atoms with Crippen LogP contribution in [-0.2, 0) is 30.9 Å². The maximum absolute atomic E-state index is 14.7. The number of hydrogen-bond acceptors (Lipinski definition) is 6. The molecule has 0 saturated carbocycles. The zero-order chi connectivity index (χ0) is 39.2. The molecular formula is C37H50F8O6Si. The van der Waals surface area contributed by atoms with E-state index in [0.717, 1.165) is 36.8 Å². The second-order valence-corrected chi connectivity index (χ2v) is 14.8. The Morgan fingerprint density at radius 2 is 1.37 bits per heavy atom. The zero-order valence-corrected chi connectivity index (χ0v) is 31.6. The zero-order valence-electron chi connectivity index (χ0n) is 30.6. The molecule has 15 heteroatoms. The molecule has 2 aromatic rings. The van der Waals surface area contributed by atoms with E-state index in [1.165, 1.54) is 46.1 Å². The number of carbonyl (C=O) groups is 1. The van der Waals surface area contributed by atoms with E-state index < -0.39 is 58.0 Å². The van der Waals surface area contributed by atoms with Crippen LogP contribution in [-0.4, -0.2) is 72.3 Å². The highest BCUT2D eigenvalue weighted by atomic mass is 28.4. The smallest absolute Gasteiger partial charge is 0.496 e. The molecule has 0 radical (unpaired) electrons. The number of aryl methyl sites for hydroxylation is 2. The SMILES string of the molecule is CCCCCc1ccc(/C(C=O)=C/c2ccc(OCCC(F)(F)C(F)(F)C(F)(F)C(F)(F)CC[Si](OCC)(OCC)OCC)cc2OC)c(CC)c1. The molecular weight excluding hydrogens is 720 g/mol. The van der Waals surface area contributed by atoms with Crippen LogP contribution in [0.1, 0.15) is 89.0 Å². The van der Waals surface area contributed by atoms with Crippen LogP contribution in [0.4, 0.5) is 35.1 Å². The monoisotopic (exact) mass is 770 g/mol. The van der Waals surface area contributed by atoms with E-state index in [-0.39, 0.29) is 31.3 Å². The van der Waals surface area contributed by atoms with E-state index in [1.807, 2.05) is 19.1 Å². The summed E-state index contributed by atoms with van der Waals surface area (Å²) in [5, 5.41) is 0. The summed E-state index contributed by atoms with van der Waals surface area (Å²) in [5.74, 6) is -24.2. The fraction of sp³-hybridized carbons (Fsp3) is 0.595. The second kappa shape index (κ2) is 19.9. The minimum absolute atomic E-state index is 0.110. The van der Waals surface area contributed by atoms with Crippen molar-refractivity contribution in [3.63, 3.8) is 0 Å². The van der Waals surface area contributed by atoms with Gasteiger partial charge in [-0.25, -0.2) is 0 Å². The largest absolute Gasteiger partial charge is 0.501 e. The highest BCUT2D eigenvalue weighted by Crippen LogP contribution is 2.55. The number of unbranched alkanes of at least 4 members (excludes halogenated alkanes) is 2. The van der Waals surface area contributed by atoms with E-state index in [9.17, 15) is 39.9 Å². The number of carbonyl (C=O) groups excluding carboxylic acids is 1. The van der Waals surface area contributed by atoms with Gasteiger partial charge in [-0.05, 0) is 74.9 Å². The van der Waals surface area contributed by atoms with Gasteiger partial charge in [0.2, 0.25) is 0 Å². The molecule has 0 unspecified atom stereocenters. The minimum atomic E-state index is -6.47. The van der Waals surface area contributed by atoms with Gasteiger partial charge in [0.25, 0.3) is 0 Å². The Hall–Kier alpha value is -3.01. The van der Waals surface area contributed by atoms with Gasteiger partial charge < -0.3 is 22.8 Å². The van der Waals surface area contributed by atoms with E-state index >= 15 is 0 Å². The molecule has 52 heavy (non-hydrogen) atoms. The second-order valence-electron chi connectivity index (χ2n) is 12.1. The number of hydrogen-bond donors (Lipinski definition) is 0. The van der Waals surface area contributed by atoms with Gasteiger partial charge in [-0.3, -0.25) is 4.79 Å². The van der Waals surface area contributed by atoms with Crippen molar-refractivity contribution in [1.82, 2.24) is 0 Å². The molecule has 0 amide bonds. The third kappa shape index (κ3) is 11.0. The van der Waals surface area contributed by atoms with Crippen molar-refractivity contribution >= 4 is 26.7 Å². The predicted octanol–water partition coefficient (Wildman–Crippen LogP) is 10.5. The van der Waals surface area contributed by atoms with Gasteiger partial charge >= 0.3 is 32.5 Å². The molecule has 0 aliphatic rings. The van der Waals surface area contributed by atoms with Crippen molar-refractivity contribution in [2.24, 2.45) is 0 Å². The predicted molar refractivity (Wildman–Crippen MR) is 186 cm³/mol. The Labute approximate surface area is 302 Å². The lowest BCUT2D eigenvalue weighted by atomic mass is 9.93. The van der Waals surface area contributed by atoms with Gasteiger partial charge in [0.1, 0.15) is 11.5 Å². The molecule has 0 N–H and O–H groups in total. The van der Waals surface area contributed by atoms with E-state index in [0.29, 0.717) is 29.4 Å². The van der Waals surface area contributed by atoms with Crippen LogP contribution >= 0.6 is 0 Å². The molecule has 6 nitrogen and oxygen atoms in total.